The van der Waals surface area contributed by atoms with Crippen molar-refractivity contribution in [3.05, 3.63) is 35.9 Å². The number of unbranched alkanes of at least 4 members (excludes halogenated alkanes) is 1. The zero-order chi connectivity index (χ0) is 17.4. The number of nitrogens with one attached hydrogen (secondary N) is 1. The Morgan fingerprint density at radius 2 is 1.77 bits per heavy atom. The number of nitrogens with two attached hydrogens (primary N) is 1. The van der Waals surface area contributed by atoms with Crippen molar-refractivity contribution in [1.82, 2.24) is 10.2 Å². The van der Waals surface area contributed by atoms with E-state index in [2.05, 4.69) is 24.1 Å². The first-order valence-corrected chi connectivity index (χ1v) is 9.34. The van der Waals surface area contributed by atoms with E-state index in [-0.39, 0.29) is 30.7 Å². The van der Waals surface area contributed by atoms with Gasteiger partial charge in [-0.3, -0.25) is 4.79 Å². The number of nitrogens with zero attached hydrogens (tertiary/aromatic N) is 1. The molecule has 26 heavy (non-hydrogen) atoms. The molecule has 3 unspecified atom stereocenters. The Labute approximate surface area is 171 Å². The summed E-state index contributed by atoms with van der Waals surface area (Å²) >= 11 is 0. The number of hydrogen-bond acceptors (Lipinski definition) is 3. The number of carbonyl (C=O) groups excluding carboxylic acids is 1. The molecule has 1 amide bonds. The fourth-order valence-corrected chi connectivity index (χ4v) is 3.74. The summed E-state index contributed by atoms with van der Waals surface area (Å²) in [5.74, 6) is 1.58. The van der Waals surface area contributed by atoms with Gasteiger partial charge >= 0.3 is 0 Å². The Hall–Kier alpha value is -0.810. The van der Waals surface area contributed by atoms with Crippen LogP contribution in [-0.2, 0) is 11.2 Å². The normalized spacial score (nSPS) is 21.2. The number of halogens is 2. The largest absolute Gasteiger partial charge is 0.355 e. The Balaban J connectivity index is 0.00000312. The molecule has 1 aliphatic rings. The highest BCUT2D eigenvalue weighted by Gasteiger charge is 2.21. The topological polar surface area (TPSA) is 58.4 Å². The number of likely N-dealkylation sites (tertiary alicyclic amines) is 1. The van der Waals surface area contributed by atoms with Gasteiger partial charge < -0.3 is 16.0 Å². The van der Waals surface area contributed by atoms with E-state index in [1.807, 2.05) is 30.3 Å². The number of benzene rings is 1. The molecule has 2 rings (SSSR count). The van der Waals surface area contributed by atoms with Crippen molar-refractivity contribution in [3.8, 4) is 0 Å². The summed E-state index contributed by atoms with van der Waals surface area (Å²) in [6.45, 7) is 8.99. The van der Waals surface area contributed by atoms with Gasteiger partial charge in [0.1, 0.15) is 0 Å². The summed E-state index contributed by atoms with van der Waals surface area (Å²) < 4.78 is 0. The van der Waals surface area contributed by atoms with Crippen LogP contribution in [0.15, 0.2) is 30.3 Å². The smallest absolute Gasteiger partial charge is 0.237 e. The van der Waals surface area contributed by atoms with Crippen LogP contribution in [0.1, 0.15) is 38.7 Å². The fourth-order valence-electron chi connectivity index (χ4n) is 3.74. The average molecular weight is 404 g/mol. The van der Waals surface area contributed by atoms with Crippen molar-refractivity contribution < 1.29 is 4.79 Å². The lowest BCUT2D eigenvalue weighted by Crippen LogP contribution is -2.42. The van der Waals surface area contributed by atoms with Gasteiger partial charge in [0.15, 0.2) is 0 Å². The first-order valence-electron chi connectivity index (χ1n) is 9.34. The number of carbonyl (C=O) groups is 1. The lowest BCUT2D eigenvalue weighted by molar-refractivity contribution is -0.122. The summed E-state index contributed by atoms with van der Waals surface area (Å²) in [5, 5.41) is 2.98. The molecule has 6 heteroatoms. The quantitative estimate of drug-likeness (QED) is 0.654. The van der Waals surface area contributed by atoms with Crippen LogP contribution in [0.4, 0.5) is 0 Å². The monoisotopic (exact) mass is 403 g/mol. The van der Waals surface area contributed by atoms with Crippen molar-refractivity contribution in [2.24, 2.45) is 17.6 Å². The molecule has 1 aliphatic heterocycles. The summed E-state index contributed by atoms with van der Waals surface area (Å²) in [6.07, 6.45) is 4.10. The van der Waals surface area contributed by atoms with Gasteiger partial charge in [-0.1, -0.05) is 44.2 Å². The molecule has 1 saturated heterocycles. The molecule has 1 heterocycles. The summed E-state index contributed by atoms with van der Waals surface area (Å²) in [7, 11) is 0. The van der Waals surface area contributed by atoms with E-state index in [0.717, 1.165) is 43.3 Å². The van der Waals surface area contributed by atoms with Crippen LogP contribution < -0.4 is 11.1 Å². The molecular formula is C20H35Cl2N3O. The molecular weight excluding hydrogens is 369 g/mol. The van der Waals surface area contributed by atoms with E-state index in [0.29, 0.717) is 6.42 Å². The molecule has 1 aromatic rings. The Bertz CT molecular complexity index is 491. The maximum atomic E-state index is 12.1. The number of piperidine rings is 1. The SMILES string of the molecule is CC1CC(C)CN(CCCCNC(=O)C(N)Cc2ccccc2)C1.Cl.Cl. The minimum atomic E-state index is -0.462. The molecule has 4 nitrogen and oxygen atoms in total. The fraction of sp³-hybridized carbons (Fsp3) is 0.650. The van der Waals surface area contributed by atoms with Gasteiger partial charge in [-0.25, -0.2) is 0 Å². The highest BCUT2D eigenvalue weighted by atomic mass is 35.5. The minimum absolute atomic E-state index is 0. The van der Waals surface area contributed by atoms with E-state index in [1.54, 1.807) is 0 Å². The molecule has 0 aliphatic carbocycles. The van der Waals surface area contributed by atoms with Gasteiger partial charge in [0.05, 0.1) is 6.04 Å². The van der Waals surface area contributed by atoms with Crippen LogP contribution in [0.3, 0.4) is 0 Å². The van der Waals surface area contributed by atoms with E-state index in [9.17, 15) is 4.79 Å². The first-order chi connectivity index (χ1) is 11.5. The highest BCUT2D eigenvalue weighted by Crippen LogP contribution is 2.20. The van der Waals surface area contributed by atoms with E-state index < -0.39 is 6.04 Å². The van der Waals surface area contributed by atoms with Gasteiger partial charge in [-0.15, -0.1) is 24.8 Å². The van der Waals surface area contributed by atoms with Gasteiger partial charge in [-0.2, -0.15) is 0 Å². The Kier molecular flexibility index (Phi) is 13.0. The Morgan fingerprint density at radius 1 is 1.15 bits per heavy atom. The lowest BCUT2D eigenvalue weighted by Gasteiger charge is -2.34. The van der Waals surface area contributed by atoms with Crippen LogP contribution in [-0.4, -0.2) is 43.0 Å². The predicted octanol–water partition coefficient (Wildman–Crippen LogP) is 3.27. The molecule has 1 aromatic carbocycles. The van der Waals surface area contributed by atoms with Gasteiger partial charge in [0, 0.05) is 19.6 Å². The van der Waals surface area contributed by atoms with Crippen molar-refractivity contribution in [2.75, 3.05) is 26.2 Å². The zero-order valence-electron chi connectivity index (χ0n) is 16.0. The van der Waals surface area contributed by atoms with E-state index in [4.69, 9.17) is 5.73 Å². The molecule has 1 fully saturated rings. The summed E-state index contributed by atoms with van der Waals surface area (Å²) in [4.78, 5) is 14.6. The maximum absolute atomic E-state index is 12.1. The van der Waals surface area contributed by atoms with E-state index in [1.165, 1.54) is 19.5 Å². The van der Waals surface area contributed by atoms with Gasteiger partial charge in [0.2, 0.25) is 5.91 Å². The van der Waals surface area contributed by atoms with Crippen LogP contribution in [0.5, 0.6) is 0 Å². The van der Waals surface area contributed by atoms with Gasteiger partial charge in [-0.05, 0) is 49.6 Å². The molecule has 0 aromatic heterocycles. The molecule has 3 N–H and O–H groups in total. The second-order valence-electron chi connectivity index (χ2n) is 7.50. The van der Waals surface area contributed by atoms with Gasteiger partial charge in [0.25, 0.3) is 0 Å². The highest BCUT2D eigenvalue weighted by molar-refractivity contribution is 5.85. The molecule has 150 valence electrons. The minimum Gasteiger partial charge on any atom is -0.355 e. The molecule has 0 bridgehead atoms. The summed E-state index contributed by atoms with van der Waals surface area (Å²) in [6, 6.07) is 9.47. The van der Waals surface area contributed by atoms with Crippen molar-refractivity contribution in [1.29, 1.82) is 0 Å². The number of amides is 1. The second-order valence-corrected chi connectivity index (χ2v) is 7.50. The van der Waals surface area contributed by atoms with Crippen LogP contribution in [0.2, 0.25) is 0 Å². The van der Waals surface area contributed by atoms with E-state index >= 15 is 0 Å². The van der Waals surface area contributed by atoms with Crippen molar-refractivity contribution in [2.45, 2.75) is 45.6 Å². The average Bonchev–Trinajstić information content (AvgIpc) is 2.54. The van der Waals surface area contributed by atoms with Crippen molar-refractivity contribution in [3.63, 3.8) is 0 Å². The standard InChI is InChI=1S/C20H33N3O.2ClH/c1-16-12-17(2)15-23(14-16)11-7-6-10-22-20(24)19(21)13-18-8-4-3-5-9-18;;/h3-5,8-9,16-17,19H,6-7,10-15,21H2,1-2H3,(H,22,24);2*1H. The molecule has 0 radical (unpaired) electrons. The van der Waals surface area contributed by atoms with Crippen LogP contribution in [0.25, 0.3) is 0 Å². The summed E-state index contributed by atoms with van der Waals surface area (Å²) in [5.41, 5.74) is 7.10. The van der Waals surface area contributed by atoms with Crippen LogP contribution >= 0.6 is 24.8 Å². The van der Waals surface area contributed by atoms with Crippen LogP contribution in [0, 0.1) is 11.8 Å². The predicted molar refractivity (Wildman–Crippen MR) is 114 cm³/mol. The molecule has 0 spiro atoms. The van der Waals surface area contributed by atoms with Crippen molar-refractivity contribution >= 4 is 30.7 Å². The maximum Gasteiger partial charge on any atom is 0.237 e. The third kappa shape index (κ3) is 9.22. The zero-order valence-corrected chi connectivity index (χ0v) is 17.7. The first kappa shape index (κ1) is 25.2. The number of hydrogen-bond donors (Lipinski definition) is 2. The molecule has 0 saturated carbocycles. The third-order valence-corrected chi connectivity index (χ3v) is 4.78. The second kappa shape index (κ2) is 13.4. The Morgan fingerprint density at radius 3 is 2.38 bits per heavy atom. The lowest BCUT2D eigenvalue weighted by atomic mass is 9.92. The molecule has 3 atom stereocenters. The third-order valence-electron chi connectivity index (χ3n) is 4.78. The number of rotatable bonds is 8.